The van der Waals surface area contributed by atoms with E-state index in [4.69, 9.17) is 0 Å². The molecule has 1 amide bonds. The van der Waals surface area contributed by atoms with Crippen LogP contribution in [0.15, 0.2) is 0 Å². The predicted molar refractivity (Wildman–Crippen MR) is 95.0 cm³/mol. The van der Waals surface area contributed by atoms with Crippen molar-refractivity contribution in [3.8, 4) is 0 Å². The second-order valence-corrected chi connectivity index (χ2v) is 7.39. The molecule has 1 aliphatic carbocycles. The maximum atomic E-state index is 12.6. The molecule has 1 N–H and O–H groups in total. The van der Waals surface area contributed by atoms with Crippen molar-refractivity contribution in [2.45, 2.75) is 33.1 Å². The minimum absolute atomic E-state index is 0. The molecule has 0 radical (unpaired) electrons. The number of piperidine rings is 1. The number of halogens is 2. The molecule has 4 nitrogen and oxygen atoms in total. The minimum Gasteiger partial charge on any atom is -0.340 e. The second-order valence-electron chi connectivity index (χ2n) is 7.39. The van der Waals surface area contributed by atoms with Gasteiger partial charge in [-0.25, -0.2) is 0 Å². The van der Waals surface area contributed by atoms with Gasteiger partial charge in [-0.1, -0.05) is 13.8 Å². The third-order valence-electron chi connectivity index (χ3n) is 5.39. The number of carbonyl (C=O) groups excluding carboxylic acids is 1. The SMILES string of the molecule is CC(C)CN1CCN(C(=O)C2CC23CCNCC3)CC1.Cl.Cl. The fraction of sp³-hybridized carbons (Fsp3) is 0.938. The number of hydrogen-bond donors (Lipinski definition) is 1. The summed E-state index contributed by atoms with van der Waals surface area (Å²) in [6.07, 6.45) is 3.56. The minimum atomic E-state index is 0. The summed E-state index contributed by atoms with van der Waals surface area (Å²) < 4.78 is 0. The maximum absolute atomic E-state index is 12.6. The van der Waals surface area contributed by atoms with Crippen LogP contribution in [0.2, 0.25) is 0 Å². The summed E-state index contributed by atoms with van der Waals surface area (Å²) in [5, 5.41) is 3.41. The number of nitrogens with zero attached hydrogens (tertiary/aromatic N) is 2. The summed E-state index contributed by atoms with van der Waals surface area (Å²) >= 11 is 0. The van der Waals surface area contributed by atoms with Crippen LogP contribution < -0.4 is 5.32 Å². The first-order valence-electron chi connectivity index (χ1n) is 8.33. The number of rotatable bonds is 3. The summed E-state index contributed by atoms with van der Waals surface area (Å²) in [7, 11) is 0. The van der Waals surface area contributed by atoms with Gasteiger partial charge < -0.3 is 10.2 Å². The van der Waals surface area contributed by atoms with Crippen molar-refractivity contribution in [3.63, 3.8) is 0 Å². The van der Waals surface area contributed by atoms with Crippen molar-refractivity contribution in [2.75, 3.05) is 45.8 Å². The molecular formula is C16H31Cl2N3O. The molecule has 0 bridgehead atoms. The molecule has 0 aromatic heterocycles. The van der Waals surface area contributed by atoms with Crippen LogP contribution >= 0.6 is 24.8 Å². The Morgan fingerprint density at radius 3 is 2.27 bits per heavy atom. The lowest BCUT2D eigenvalue weighted by molar-refractivity contribution is -0.135. The Kier molecular flexibility index (Phi) is 7.44. The molecule has 2 heterocycles. The number of carbonyl (C=O) groups is 1. The van der Waals surface area contributed by atoms with Crippen molar-refractivity contribution in [2.24, 2.45) is 17.3 Å². The standard InChI is InChI=1S/C16H29N3O.2ClH/c1-13(2)12-18-7-9-19(10-8-18)15(20)14-11-16(14)3-5-17-6-4-16;;/h13-14,17H,3-12H2,1-2H3;2*1H. The van der Waals surface area contributed by atoms with Crippen molar-refractivity contribution < 1.29 is 4.79 Å². The highest BCUT2D eigenvalue weighted by molar-refractivity contribution is 5.85. The Morgan fingerprint density at radius 2 is 1.73 bits per heavy atom. The van der Waals surface area contributed by atoms with E-state index in [1.165, 1.54) is 19.4 Å². The highest BCUT2D eigenvalue weighted by atomic mass is 35.5. The lowest BCUT2D eigenvalue weighted by Gasteiger charge is -2.36. The number of piperazine rings is 1. The van der Waals surface area contributed by atoms with Crippen LogP contribution in [-0.2, 0) is 4.79 Å². The van der Waals surface area contributed by atoms with Gasteiger partial charge in [0.15, 0.2) is 0 Å². The zero-order valence-electron chi connectivity index (χ0n) is 13.8. The van der Waals surface area contributed by atoms with Crippen LogP contribution in [0.3, 0.4) is 0 Å². The molecule has 3 fully saturated rings. The number of nitrogens with one attached hydrogen (secondary N) is 1. The van der Waals surface area contributed by atoms with E-state index < -0.39 is 0 Å². The normalized spacial score (nSPS) is 27.2. The Balaban J connectivity index is 0.00000121. The summed E-state index contributed by atoms with van der Waals surface area (Å²) in [5.74, 6) is 1.52. The highest BCUT2D eigenvalue weighted by Crippen LogP contribution is 2.59. The van der Waals surface area contributed by atoms with Crippen molar-refractivity contribution in [3.05, 3.63) is 0 Å². The lowest BCUT2D eigenvalue weighted by Crippen LogP contribution is -2.50. The van der Waals surface area contributed by atoms with Gasteiger partial charge in [0.1, 0.15) is 0 Å². The highest BCUT2D eigenvalue weighted by Gasteiger charge is 2.58. The van der Waals surface area contributed by atoms with Crippen LogP contribution in [-0.4, -0.2) is 61.5 Å². The first-order chi connectivity index (χ1) is 9.61. The largest absolute Gasteiger partial charge is 0.340 e. The molecule has 1 spiro atoms. The van der Waals surface area contributed by atoms with E-state index in [9.17, 15) is 4.79 Å². The maximum Gasteiger partial charge on any atom is 0.226 e. The summed E-state index contributed by atoms with van der Waals surface area (Å²) in [5.41, 5.74) is 0.386. The van der Waals surface area contributed by atoms with Crippen LogP contribution in [0.5, 0.6) is 0 Å². The van der Waals surface area contributed by atoms with Gasteiger partial charge in [0.2, 0.25) is 5.91 Å². The van der Waals surface area contributed by atoms with Crippen molar-refractivity contribution >= 4 is 30.7 Å². The molecule has 1 atom stereocenters. The van der Waals surface area contributed by atoms with Gasteiger partial charge in [-0.05, 0) is 43.7 Å². The summed E-state index contributed by atoms with van der Waals surface area (Å²) in [6, 6.07) is 0. The van der Waals surface area contributed by atoms with Gasteiger partial charge >= 0.3 is 0 Å². The zero-order valence-corrected chi connectivity index (χ0v) is 15.5. The van der Waals surface area contributed by atoms with Gasteiger partial charge in [-0.15, -0.1) is 24.8 Å². The molecule has 2 saturated heterocycles. The molecule has 1 unspecified atom stereocenters. The molecular weight excluding hydrogens is 321 g/mol. The topological polar surface area (TPSA) is 35.6 Å². The number of hydrogen-bond acceptors (Lipinski definition) is 3. The molecule has 0 aromatic rings. The monoisotopic (exact) mass is 351 g/mol. The van der Waals surface area contributed by atoms with Crippen LogP contribution in [0, 0.1) is 17.3 Å². The Labute approximate surface area is 147 Å². The molecule has 0 aromatic carbocycles. The van der Waals surface area contributed by atoms with E-state index in [0.29, 0.717) is 17.2 Å². The van der Waals surface area contributed by atoms with Gasteiger partial charge in [-0.3, -0.25) is 9.69 Å². The van der Waals surface area contributed by atoms with E-state index in [2.05, 4.69) is 29.0 Å². The smallest absolute Gasteiger partial charge is 0.226 e. The lowest BCUT2D eigenvalue weighted by atomic mass is 9.91. The summed E-state index contributed by atoms with van der Waals surface area (Å²) in [6.45, 7) is 11.9. The average Bonchev–Trinajstić information content (AvgIpc) is 3.12. The van der Waals surface area contributed by atoms with Crippen molar-refractivity contribution in [1.82, 2.24) is 15.1 Å². The molecule has 3 rings (SSSR count). The zero-order chi connectivity index (χ0) is 14.2. The molecule has 6 heteroatoms. The third-order valence-corrected chi connectivity index (χ3v) is 5.39. The first-order valence-corrected chi connectivity index (χ1v) is 8.33. The summed E-state index contributed by atoms with van der Waals surface area (Å²) in [4.78, 5) is 17.3. The fourth-order valence-corrected chi connectivity index (χ4v) is 4.06. The van der Waals surface area contributed by atoms with Gasteiger partial charge in [0.25, 0.3) is 0 Å². The second kappa shape index (κ2) is 8.18. The van der Waals surface area contributed by atoms with E-state index in [1.807, 2.05) is 0 Å². The van der Waals surface area contributed by atoms with Gasteiger partial charge in [0.05, 0.1) is 0 Å². The van der Waals surface area contributed by atoms with Crippen LogP contribution in [0.25, 0.3) is 0 Å². The van der Waals surface area contributed by atoms with Crippen molar-refractivity contribution in [1.29, 1.82) is 0 Å². The third kappa shape index (κ3) is 4.28. The first kappa shape index (κ1) is 20.0. The fourth-order valence-electron chi connectivity index (χ4n) is 4.06. The van der Waals surface area contributed by atoms with E-state index >= 15 is 0 Å². The Hall–Kier alpha value is -0.0300. The van der Waals surface area contributed by atoms with E-state index in [0.717, 1.165) is 51.6 Å². The molecule has 2 aliphatic heterocycles. The van der Waals surface area contributed by atoms with E-state index in [-0.39, 0.29) is 24.8 Å². The quantitative estimate of drug-likeness (QED) is 0.844. The number of amides is 1. The average molecular weight is 352 g/mol. The van der Waals surface area contributed by atoms with Crippen LogP contribution in [0.1, 0.15) is 33.1 Å². The molecule has 3 aliphatic rings. The molecule has 1 saturated carbocycles. The van der Waals surface area contributed by atoms with E-state index in [1.54, 1.807) is 0 Å². The van der Waals surface area contributed by atoms with Gasteiger partial charge in [-0.2, -0.15) is 0 Å². The Bertz CT molecular complexity index is 364. The Morgan fingerprint density at radius 1 is 1.14 bits per heavy atom. The molecule has 130 valence electrons. The predicted octanol–water partition coefficient (Wildman–Crippen LogP) is 2.02. The van der Waals surface area contributed by atoms with Gasteiger partial charge in [0, 0.05) is 38.6 Å². The molecule has 22 heavy (non-hydrogen) atoms. The van der Waals surface area contributed by atoms with Crippen LogP contribution in [0.4, 0.5) is 0 Å².